The Morgan fingerprint density at radius 1 is 1.11 bits per heavy atom. The topological polar surface area (TPSA) is 46.2 Å². The van der Waals surface area contributed by atoms with E-state index in [1.54, 1.807) is 0 Å². The fourth-order valence-corrected chi connectivity index (χ4v) is 5.73. The Morgan fingerprint density at radius 3 is 2.00 bits per heavy atom. The first kappa shape index (κ1) is 17.9. The SMILES string of the molecule is CCC(C)OP(=S)(OC(C)CC)OP1OCCCO1. The van der Waals surface area contributed by atoms with E-state index < -0.39 is 15.3 Å². The molecule has 0 aromatic heterocycles. The molecular weight excluding hydrogens is 306 g/mol. The van der Waals surface area contributed by atoms with E-state index in [0.29, 0.717) is 13.2 Å². The first-order valence-corrected chi connectivity index (χ1v) is 10.4. The van der Waals surface area contributed by atoms with Gasteiger partial charge in [-0.15, -0.1) is 0 Å². The maximum Gasteiger partial charge on any atom is 0.340 e. The highest BCUT2D eigenvalue weighted by atomic mass is 32.5. The average molecular weight is 330 g/mol. The molecule has 19 heavy (non-hydrogen) atoms. The van der Waals surface area contributed by atoms with Gasteiger partial charge in [-0.3, -0.25) is 0 Å². The van der Waals surface area contributed by atoms with Crippen LogP contribution in [0, 0.1) is 0 Å². The Balaban J connectivity index is 2.63. The minimum Gasteiger partial charge on any atom is -0.312 e. The zero-order chi connectivity index (χ0) is 14.3. The molecule has 0 aliphatic carbocycles. The van der Waals surface area contributed by atoms with E-state index in [1.165, 1.54) is 0 Å². The first-order chi connectivity index (χ1) is 8.99. The van der Waals surface area contributed by atoms with Gasteiger partial charge in [0, 0.05) is 0 Å². The molecule has 1 fully saturated rings. The zero-order valence-electron chi connectivity index (χ0n) is 12.0. The fourth-order valence-electron chi connectivity index (χ4n) is 1.16. The van der Waals surface area contributed by atoms with Crippen LogP contribution in [0.5, 0.6) is 0 Å². The molecule has 2 atom stereocenters. The molecule has 0 N–H and O–H groups in total. The first-order valence-electron chi connectivity index (χ1n) is 6.71. The summed E-state index contributed by atoms with van der Waals surface area (Å²) in [5.74, 6) is 0. The van der Waals surface area contributed by atoms with Crippen LogP contribution < -0.4 is 0 Å². The Morgan fingerprint density at radius 2 is 1.58 bits per heavy atom. The molecule has 0 aromatic rings. The monoisotopic (exact) mass is 330 g/mol. The summed E-state index contributed by atoms with van der Waals surface area (Å²) >= 11 is 5.47. The van der Waals surface area contributed by atoms with E-state index in [4.69, 9.17) is 34.2 Å². The van der Waals surface area contributed by atoms with Crippen LogP contribution in [0.25, 0.3) is 0 Å². The van der Waals surface area contributed by atoms with Crippen molar-refractivity contribution < 1.29 is 22.4 Å². The molecule has 1 heterocycles. The Hall–Kier alpha value is 0.880. The molecule has 0 radical (unpaired) electrons. The Kier molecular flexibility index (Phi) is 8.50. The normalized spacial score (nSPS) is 23.8. The summed E-state index contributed by atoms with van der Waals surface area (Å²) in [7, 11) is -1.44. The van der Waals surface area contributed by atoms with E-state index in [0.717, 1.165) is 19.3 Å². The van der Waals surface area contributed by atoms with Crippen LogP contribution in [0.2, 0.25) is 0 Å². The maximum atomic E-state index is 5.80. The molecule has 114 valence electrons. The molecule has 0 bridgehead atoms. The van der Waals surface area contributed by atoms with Gasteiger partial charge in [-0.25, -0.2) is 4.31 Å². The van der Waals surface area contributed by atoms with Gasteiger partial charge in [-0.2, -0.15) is 0 Å². The highest BCUT2D eigenvalue weighted by molar-refractivity contribution is 8.08. The standard InChI is InChI=1S/C11H24O5P2S/c1-5-10(3)14-18(19,15-11(4)6-2)16-17-12-8-7-9-13-17/h10-11H,5-9H2,1-4H3. The van der Waals surface area contributed by atoms with Crippen LogP contribution in [0.15, 0.2) is 0 Å². The highest BCUT2D eigenvalue weighted by Crippen LogP contribution is 2.63. The molecule has 1 aliphatic rings. The number of hydrogen-bond acceptors (Lipinski definition) is 6. The lowest BCUT2D eigenvalue weighted by atomic mass is 10.3. The molecule has 0 saturated carbocycles. The molecular formula is C11H24O5P2S. The largest absolute Gasteiger partial charge is 0.340 e. The quantitative estimate of drug-likeness (QED) is 0.610. The van der Waals surface area contributed by atoms with Crippen LogP contribution in [-0.2, 0) is 34.2 Å². The van der Waals surface area contributed by atoms with Gasteiger partial charge in [0.15, 0.2) is 0 Å². The molecule has 0 amide bonds. The van der Waals surface area contributed by atoms with Crippen molar-refractivity contribution in [2.45, 2.75) is 59.2 Å². The highest BCUT2D eigenvalue weighted by Gasteiger charge is 2.32. The lowest BCUT2D eigenvalue weighted by Gasteiger charge is -2.30. The van der Waals surface area contributed by atoms with Gasteiger partial charge in [0.1, 0.15) is 0 Å². The molecule has 8 heteroatoms. The van der Waals surface area contributed by atoms with Gasteiger partial charge in [0.05, 0.1) is 25.4 Å². The second kappa shape index (κ2) is 9.01. The van der Waals surface area contributed by atoms with Crippen LogP contribution in [0.1, 0.15) is 47.0 Å². The van der Waals surface area contributed by atoms with Gasteiger partial charge >= 0.3 is 15.3 Å². The molecule has 5 nitrogen and oxygen atoms in total. The van der Waals surface area contributed by atoms with Gasteiger partial charge in [0.2, 0.25) is 0 Å². The predicted octanol–water partition coefficient (Wildman–Crippen LogP) is 4.52. The summed E-state index contributed by atoms with van der Waals surface area (Å²) in [4.78, 5) is 0. The summed E-state index contributed by atoms with van der Waals surface area (Å²) in [6.07, 6.45) is 2.57. The van der Waals surface area contributed by atoms with Crippen molar-refractivity contribution in [3.8, 4) is 0 Å². The molecule has 1 rings (SSSR count). The lowest BCUT2D eigenvalue weighted by Crippen LogP contribution is -2.14. The third-order valence-corrected chi connectivity index (χ3v) is 7.09. The molecule has 2 unspecified atom stereocenters. The summed E-state index contributed by atoms with van der Waals surface area (Å²) in [6, 6.07) is 0. The number of rotatable bonds is 8. The molecule has 0 spiro atoms. The van der Waals surface area contributed by atoms with Crippen molar-refractivity contribution in [2.75, 3.05) is 13.2 Å². The number of hydrogen-bond donors (Lipinski definition) is 0. The van der Waals surface area contributed by atoms with Gasteiger partial charge < -0.3 is 18.1 Å². The smallest absolute Gasteiger partial charge is 0.312 e. The van der Waals surface area contributed by atoms with Crippen LogP contribution in [0.4, 0.5) is 0 Å². The Bertz CT molecular complexity index is 283. The third-order valence-electron chi connectivity index (χ3n) is 2.62. The fraction of sp³-hybridized carbons (Fsp3) is 1.00. The minimum absolute atomic E-state index is 0.00493. The van der Waals surface area contributed by atoms with Crippen molar-refractivity contribution in [1.29, 1.82) is 0 Å². The van der Waals surface area contributed by atoms with Crippen molar-refractivity contribution in [1.82, 2.24) is 0 Å². The van der Waals surface area contributed by atoms with Gasteiger partial charge in [-0.1, -0.05) is 13.8 Å². The van der Waals surface area contributed by atoms with Crippen molar-refractivity contribution in [2.24, 2.45) is 0 Å². The minimum atomic E-state index is -2.82. The lowest BCUT2D eigenvalue weighted by molar-refractivity contribution is 0.0990. The summed E-state index contributed by atoms with van der Waals surface area (Å²) in [5, 5.41) is 0. The van der Waals surface area contributed by atoms with Crippen LogP contribution in [-0.4, -0.2) is 25.4 Å². The zero-order valence-corrected chi connectivity index (χ0v) is 14.6. The second-order valence-corrected chi connectivity index (χ2v) is 8.70. The van der Waals surface area contributed by atoms with Crippen molar-refractivity contribution in [3.63, 3.8) is 0 Å². The van der Waals surface area contributed by atoms with Gasteiger partial charge in [-0.05, 0) is 44.9 Å². The van der Waals surface area contributed by atoms with E-state index in [1.807, 2.05) is 27.7 Å². The van der Waals surface area contributed by atoms with Crippen LogP contribution >= 0.6 is 15.3 Å². The molecule has 1 aliphatic heterocycles. The molecule has 0 aromatic carbocycles. The van der Waals surface area contributed by atoms with Crippen LogP contribution in [0.3, 0.4) is 0 Å². The third kappa shape index (κ3) is 6.92. The van der Waals surface area contributed by atoms with E-state index in [2.05, 4.69) is 0 Å². The summed E-state index contributed by atoms with van der Waals surface area (Å²) < 4.78 is 28.2. The van der Waals surface area contributed by atoms with Crippen molar-refractivity contribution in [3.05, 3.63) is 0 Å². The van der Waals surface area contributed by atoms with E-state index >= 15 is 0 Å². The maximum absolute atomic E-state index is 5.80. The van der Waals surface area contributed by atoms with E-state index in [-0.39, 0.29) is 12.2 Å². The predicted molar refractivity (Wildman–Crippen MR) is 80.5 cm³/mol. The second-order valence-electron chi connectivity index (χ2n) is 4.42. The van der Waals surface area contributed by atoms with E-state index in [9.17, 15) is 0 Å². The Labute approximate surface area is 122 Å². The summed E-state index contributed by atoms with van der Waals surface area (Å²) in [5.41, 5.74) is 0. The van der Waals surface area contributed by atoms with Gasteiger partial charge in [0.25, 0.3) is 0 Å². The average Bonchev–Trinajstić information content (AvgIpc) is 2.39. The molecule has 1 saturated heterocycles. The summed E-state index contributed by atoms with van der Waals surface area (Å²) in [6.45, 7) is 6.43. The van der Waals surface area contributed by atoms with Crippen molar-refractivity contribution >= 4 is 27.1 Å².